The molecule has 1 saturated heterocycles. The van der Waals surface area contributed by atoms with Gasteiger partial charge in [0.15, 0.2) is 5.96 Å². The maximum Gasteiger partial charge on any atom is 0.191 e. The molecule has 1 unspecified atom stereocenters. The molecule has 1 aliphatic heterocycles. The van der Waals surface area contributed by atoms with E-state index < -0.39 is 0 Å². The van der Waals surface area contributed by atoms with Crippen LogP contribution < -0.4 is 10.6 Å². The van der Waals surface area contributed by atoms with Crippen molar-refractivity contribution < 1.29 is 0 Å². The molecule has 6 heteroatoms. The first-order chi connectivity index (χ1) is 10.7. The molecule has 2 rings (SSSR count). The van der Waals surface area contributed by atoms with Gasteiger partial charge in [-0.3, -0.25) is 4.99 Å². The van der Waals surface area contributed by atoms with Gasteiger partial charge in [0.05, 0.1) is 0 Å². The van der Waals surface area contributed by atoms with Crippen LogP contribution >= 0.6 is 11.6 Å². The van der Waals surface area contributed by atoms with Crippen molar-refractivity contribution in [2.75, 3.05) is 39.8 Å². The minimum atomic E-state index is 0.535. The first-order valence-electron chi connectivity index (χ1n) is 7.98. The lowest BCUT2D eigenvalue weighted by molar-refractivity contribution is 0.397. The zero-order chi connectivity index (χ0) is 15.8. The normalized spacial score (nSPS) is 19.4. The van der Waals surface area contributed by atoms with Gasteiger partial charge in [-0.15, -0.1) is 0 Å². The predicted octanol–water partition coefficient (Wildman–Crippen LogP) is 1.78. The van der Waals surface area contributed by atoms with Crippen LogP contribution in [0.1, 0.15) is 18.9 Å². The van der Waals surface area contributed by atoms with Gasteiger partial charge in [0.2, 0.25) is 0 Å². The summed E-state index contributed by atoms with van der Waals surface area (Å²) in [6.07, 6.45) is 3.97. The Hall–Kier alpha value is -1.33. The van der Waals surface area contributed by atoms with Crippen molar-refractivity contribution in [3.63, 3.8) is 0 Å². The zero-order valence-electron chi connectivity index (χ0n) is 13.5. The molecule has 0 bridgehead atoms. The third-order valence-corrected chi connectivity index (χ3v) is 4.06. The number of hydrogen-bond donors (Lipinski definition) is 2. The van der Waals surface area contributed by atoms with Crippen LogP contribution in [0.4, 0.5) is 0 Å². The molecule has 0 radical (unpaired) electrons. The average Bonchev–Trinajstić information content (AvgIpc) is 2.92. The zero-order valence-corrected chi connectivity index (χ0v) is 14.2. The van der Waals surface area contributed by atoms with E-state index in [1.54, 1.807) is 0 Å². The molecule has 0 spiro atoms. The smallest absolute Gasteiger partial charge is 0.191 e. The standard InChI is InChI=1S/C16H26ClN5/c1-3-18-16(21-11-14-7-9-22(2)12-14)19-8-6-13-4-5-15(17)20-10-13/h4-5,10,14H,3,6-9,11-12H2,1-2H3,(H2,18,19,21). The maximum atomic E-state index is 5.79. The van der Waals surface area contributed by atoms with E-state index in [0.717, 1.165) is 38.6 Å². The topological polar surface area (TPSA) is 52.6 Å². The fraction of sp³-hybridized carbons (Fsp3) is 0.625. The third-order valence-electron chi connectivity index (χ3n) is 3.84. The highest BCUT2D eigenvalue weighted by atomic mass is 35.5. The van der Waals surface area contributed by atoms with E-state index in [1.807, 2.05) is 18.3 Å². The van der Waals surface area contributed by atoms with E-state index >= 15 is 0 Å². The molecular formula is C16H26ClN5. The summed E-state index contributed by atoms with van der Waals surface area (Å²) in [4.78, 5) is 11.2. The van der Waals surface area contributed by atoms with Gasteiger partial charge in [0.25, 0.3) is 0 Å². The van der Waals surface area contributed by atoms with Crippen molar-refractivity contribution in [3.05, 3.63) is 29.0 Å². The number of nitrogens with one attached hydrogen (secondary N) is 2. The second-order valence-corrected chi connectivity index (χ2v) is 6.19. The van der Waals surface area contributed by atoms with E-state index in [1.165, 1.54) is 18.5 Å². The van der Waals surface area contributed by atoms with E-state index in [4.69, 9.17) is 16.6 Å². The maximum absolute atomic E-state index is 5.79. The van der Waals surface area contributed by atoms with Crippen LogP contribution in [0.3, 0.4) is 0 Å². The highest BCUT2D eigenvalue weighted by Gasteiger charge is 2.18. The van der Waals surface area contributed by atoms with Crippen LogP contribution in [0.2, 0.25) is 5.15 Å². The summed E-state index contributed by atoms with van der Waals surface area (Å²) >= 11 is 5.79. The van der Waals surface area contributed by atoms with Crippen LogP contribution in [0, 0.1) is 5.92 Å². The number of rotatable bonds is 6. The Bertz CT molecular complexity index is 474. The highest BCUT2D eigenvalue weighted by Crippen LogP contribution is 2.14. The average molecular weight is 324 g/mol. The fourth-order valence-electron chi connectivity index (χ4n) is 2.62. The molecule has 1 aromatic heterocycles. The van der Waals surface area contributed by atoms with E-state index in [-0.39, 0.29) is 0 Å². The monoisotopic (exact) mass is 323 g/mol. The minimum Gasteiger partial charge on any atom is -0.357 e. The SMILES string of the molecule is CCNC(=NCC1CCN(C)C1)NCCc1ccc(Cl)nc1. The van der Waals surface area contributed by atoms with Crippen molar-refractivity contribution in [1.82, 2.24) is 20.5 Å². The van der Waals surface area contributed by atoms with Crippen LogP contribution in [0.25, 0.3) is 0 Å². The van der Waals surface area contributed by atoms with E-state index in [2.05, 4.69) is 34.5 Å². The van der Waals surface area contributed by atoms with Gasteiger partial charge in [-0.05, 0) is 50.9 Å². The van der Waals surface area contributed by atoms with Gasteiger partial charge in [-0.2, -0.15) is 0 Å². The summed E-state index contributed by atoms with van der Waals surface area (Å²) in [5.41, 5.74) is 1.17. The number of nitrogens with zero attached hydrogens (tertiary/aromatic N) is 3. The Balaban J connectivity index is 1.76. The summed E-state index contributed by atoms with van der Waals surface area (Å²) in [6.45, 7) is 7.03. The molecule has 1 atom stereocenters. The Morgan fingerprint density at radius 1 is 1.45 bits per heavy atom. The number of pyridine rings is 1. The van der Waals surface area contributed by atoms with Crippen molar-refractivity contribution >= 4 is 17.6 Å². The summed E-state index contributed by atoms with van der Waals surface area (Å²) in [7, 11) is 2.17. The minimum absolute atomic E-state index is 0.535. The van der Waals surface area contributed by atoms with Gasteiger partial charge < -0.3 is 15.5 Å². The van der Waals surface area contributed by atoms with Gasteiger partial charge >= 0.3 is 0 Å². The Morgan fingerprint density at radius 3 is 2.95 bits per heavy atom. The molecule has 1 aliphatic rings. The Kier molecular flexibility index (Phi) is 6.93. The Labute approximate surface area is 138 Å². The molecule has 2 heterocycles. The Morgan fingerprint density at radius 2 is 2.32 bits per heavy atom. The first kappa shape index (κ1) is 17.0. The summed E-state index contributed by atoms with van der Waals surface area (Å²) < 4.78 is 0. The van der Waals surface area contributed by atoms with E-state index in [0.29, 0.717) is 11.1 Å². The van der Waals surface area contributed by atoms with Crippen molar-refractivity contribution in [2.45, 2.75) is 19.8 Å². The molecule has 1 aromatic rings. The lowest BCUT2D eigenvalue weighted by Gasteiger charge is -2.13. The summed E-state index contributed by atoms with van der Waals surface area (Å²) in [6, 6.07) is 3.84. The summed E-state index contributed by atoms with van der Waals surface area (Å²) in [5.74, 6) is 1.58. The van der Waals surface area contributed by atoms with Crippen LogP contribution in [-0.4, -0.2) is 55.6 Å². The molecule has 1 fully saturated rings. The van der Waals surface area contributed by atoms with Crippen molar-refractivity contribution in [1.29, 1.82) is 0 Å². The lowest BCUT2D eigenvalue weighted by atomic mass is 10.1. The van der Waals surface area contributed by atoms with E-state index in [9.17, 15) is 0 Å². The highest BCUT2D eigenvalue weighted by molar-refractivity contribution is 6.29. The lowest BCUT2D eigenvalue weighted by Crippen LogP contribution is -2.38. The van der Waals surface area contributed by atoms with Gasteiger partial charge in [0, 0.05) is 32.4 Å². The molecule has 0 aromatic carbocycles. The quantitative estimate of drug-likeness (QED) is 0.476. The van der Waals surface area contributed by atoms with Gasteiger partial charge in [0.1, 0.15) is 5.15 Å². The molecule has 122 valence electrons. The second kappa shape index (κ2) is 8.96. The van der Waals surface area contributed by atoms with Gasteiger partial charge in [-0.1, -0.05) is 17.7 Å². The predicted molar refractivity (Wildman–Crippen MR) is 92.5 cm³/mol. The largest absolute Gasteiger partial charge is 0.357 e. The molecule has 2 N–H and O–H groups in total. The molecule has 22 heavy (non-hydrogen) atoms. The number of hydrogen-bond acceptors (Lipinski definition) is 3. The number of likely N-dealkylation sites (tertiary alicyclic amines) is 1. The molecule has 0 amide bonds. The molecule has 5 nitrogen and oxygen atoms in total. The molecular weight excluding hydrogens is 298 g/mol. The first-order valence-corrected chi connectivity index (χ1v) is 8.36. The van der Waals surface area contributed by atoms with Crippen LogP contribution in [-0.2, 0) is 6.42 Å². The number of aliphatic imine (C=N–C) groups is 1. The van der Waals surface area contributed by atoms with Crippen molar-refractivity contribution in [3.8, 4) is 0 Å². The van der Waals surface area contributed by atoms with Crippen LogP contribution in [0.15, 0.2) is 23.3 Å². The second-order valence-electron chi connectivity index (χ2n) is 5.80. The molecule has 0 saturated carbocycles. The number of halogens is 1. The number of aromatic nitrogens is 1. The fourth-order valence-corrected chi connectivity index (χ4v) is 2.73. The van der Waals surface area contributed by atoms with Crippen LogP contribution in [0.5, 0.6) is 0 Å². The molecule has 0 aliphatic carbocycles. The van der Waals surface area contributed by atoms with Crippen molar-refractivity contribution in [2.24, 2.45) is 10.9 Å². The third kappa shape index (κ3) is 5.81. The summed E-state index contributed by atoms with van der Waals surface area (Å²) in [5, 5.41) is 7.22. The van der Waals surface area contributed by atoms with Gasteiger partial charge in [-0.25, -0.2) is 4.98 Å². The number of guanidine groups is 1.